The summed E-state index contributed by atoms with van der Waals surface area (Å²) in [5, 5.41) is 17.3. The number of carbonyl (C=O) groups is 1. The van der Waals surface area contributed by atoms with E-state index >= 15 is 0 Å². The van der Waals surface area contributed by atoms with Gasteiger partial charge < -0.3 is 5.11 Å². The molecule has 0 spiro atoms. The van der Waals surface area contributed by atoms with E-state index in [1.165, 1.54) is 6.92 Å². The molecule has 1 unspecified atom stereocenters. The summed E-state index contributed by atoms with van der Waals surface area (Å²) in [6.07, 6.45) is -11.4. The zero-order chi connectivity index (χ0) is 16.4. The third-order valence-corrected chi connectivity index (χ3v) is 2.67. The van der Waals surface area contributed by atoms with E-state index < -0.39 is 42.5 Å². The standard InChI is InChI=1S/C9H10F6N4O2/c1-4(7(20)21)2-3-19-6(16-17-18-19)5(8(10,11)12)9(13,14)15/h4-5H,2-3H2,1H3,(H,20,21). The molecule has 0 aliphatic heterocycles. The van der Waals surface area contributed by atoms with Crippen LogP contribution in [0.15, 0.2) is 0 Å². The van der Waals surface area contributed by atoms with Crippen LogP contribution in [0.5, 0.6) is 0 Å². The first-order valence-electron chi connectivity index (χ1n) is 5.57. The molecule has 12 heteroatoms. The Bertz CT molecular complexity index is 483. The minimum absolute atomic E-state index is 0.212. The maximum atomic E-state index is 12.6. The van der Waals surface area contributed by atoms with Gasteiger partial charge in [-0.15, -0.1) is 5.10 Å². The quantitative estimate of drug-likeness (QED) is 0.839. The molecule has 0 bridgehead atoms. The van der Waals surface area contributed by atoms with Crippen molar-refractivity contribution in [3.63, 3.8) is 0 Å². The third-order valence-electron chi connectivity index (χ3n) is 2.67. The molecule has 1 N–H and O–H groups in total. The van der Waals surface area contributed by atoms with Gasteiger partial charge >= 0.3 is 18.3 Å². The van der Waals surface area contributed by atoms with E-state index in [0.717, 1.165) is 0 Å². The van der Waals surface area contributed by atoms with Gasteiger partial charge in [0.15, 0.2) is 5.82 Å². The number of aryl methyl sites for hydroxylation is 1. The Morgan fingerprint density at radius 3 is 2.19 bits per heavy atom. The maximum Gasteiger partial charge on any atom is 0.407 e. The average molecular weight is 320 g/mol. The van der Waals surface area contributed by atoms with E-state index in [4.69, 9.17) is 5.11 Å². The number of hydrogen-bond donors (Lipinski definition) is 1. The highest BCUT2D eigenvalue weighted by atomic mass is 19.4. The van der Waals surface area contributed by atoms with Crippen molar-refractivity contribution in [2.45, 2.75) is 38.2 Å². The minimum atomic E-state index is -5.61. The van der Waals surface area contributed by atoms with Crippen LogP contribution >= 0.6 is 0 Å². The second-order valence-electron chi connectivity index (χ2n) is 4.30. The lowest BCUT2D eigenvalue weighted by Gasteiger charge is -2.22. The second-order valence-corrected chi connectivity index (χ2v) is 4.30. The number of carboxylic acids is 1. The first kappa shape index (κ1) is 17.2. The molecule has 6 nitrogen and oxygen atoms in total. The summed E-state index contributed by atoms with van der Waals surface area (Å²) in [5.41, 5.74) is 0. The van der Waals surface area contributed by atoms with Gasteiger partial charge in [-0.2, -0.15) is 26.3 Å². The molecule has 0 aliphatic rings. The lowest BCUT2D eigenvalue weighted by molar-refractivity contribution is -0.256. The van der Waals surface area contributed by atoms with Crippen LogP contribution in [0.25, 0.3) is 0 Å². The molecular weight excluding hydrogens is 310 g/mol. The fourth-order valence-electron chi connectivity index (χ4n) is 1.50. The van der Waals surface area contributed by atoms with Crippen molar-refractivity contribution in [1.82, 2.24) is 20.2 Å². The molecule has 0 aliphatic carbocycles. The Morgan fingerprint density at radius 1 is 1.24 bits per heavy atom. The van der Waals surface area contributed by atoms with Gasteiger partial charge in [0.2, 0.25) is 5.92 Å². The minimum Gasteiger partial charge on any atom is -0.481 e. The van der Waals surface area contributed by atoms with Crippen LogP contribution in [-0.2, 0) is 11.3 Å². The third kappa shape index (κ3) is 4.29. The van der Waals surface area contributed by atoms with Crippen molar-refractivity contribution in [2.24, 2.45) is 5.92 Å². The molecule has 1 aromatic rings. The number of rotatable bonds is 5. The van der Waals surface area contributed by atoms with Crippen molar-refractivity contribution >= 4 is 5.97 Å². The van der Waals surface area contributed by atoms with Crippen LogP contribution in [0.3, 0.4) is 0 Å². The molecular formula is C9H10F6N4O2. The molecule has 1 atom stereocenters. The summed E-state index contributed by atoms with van der Waals surface area (Å²) in [7, 11) is 0. The van der Waals surface area contributed by atoms with Crippen molar-refractivity contribution in [3.8, 4) is 0 Å². The Labute approximate surface area is 113 Å². The molecule has 21 heavy (non-hydrogen) atoms. The highest BCUT2D eigenvalue weighted by Crippen LogP contribution is 2.45. The molecule has 120 valence electrons. The van der Waals surface area contributed by atoms with E-state index in [0.29, 0.717) is 4.68 Å². The van der Waals surface area contributed by atoms with Crippen LogP contribution < -0.4 is 0 Å². The van der Waals surface area contributed by atoms with E-state index in [2.05, 4.69) is 15.5 Å². The first-order chi connectivity index (χ1) is 9.44. The van der Waals surface area contributed by atoms with Crippen molar-refractivity contribution in [2.75, 3.05) is 0 Å². The van der Waals surface area contributed by atoms with E-state index in [9.17, 15) is 31.1 Å². The summed E-state index contributed by atoms with van der Waals surface area (Å²) in [4.78, 5) is 10.6. The zero-order valence-electron chi connectivity index (χ0n) is 10.5. The predicted octanol–water partition coefficient (Wildman–Crippen LogP) is 1.99. The fraction of sp³-hybridized carbons (Fsp3) is 0.778. The average Bonchev–Trinajstić information content (AvgIpc) is 2.69. The van der Waals surface area contributed by atoms with Crippen LogP contribution in [0, 0.1) is 5.92 Å². The monoisotopic (exact) mass is 320 g/mol. The number of aromatic nitrogens is 4. The van der Waals surface area contributed by atoms with Gasteiger partial charge in [0.1, 0.15) is 0 Å². The maximum absolute atomic E-state index is 12.6. The smallest absolute Gasteiger partial charge is 0.407 e. The highest BCUT2D eigenvalue weighted by Gasteiger charge is 2.60. The Balaban J connectivity index is 3.03. The summed E-state index contributed by atoms with van der Waals surface area (Å²) in [5.74, 6) is -7.42. The van der Waals surface area contributed by atoms with Crippen molar-refractivity contribution < 1.29 is 36.2 Å². The van der Waals surface area contributed by atoms with Gasteiger partial charge in [-0.05, 0) is 16.8 Å². The number of halogens is 6. The molecule has 1 rings (SSSR count). The summed E-state index contributed by atoms with van der Waals surface area (Å²) in [6.45, 7) is 0.788. The van der Waals surface area contributed by atoms with Crippen molar-refractivity contribution in [3.05, 3.63) is 5.82 Å². The van der Waals surface area contributed by atoms with Gasteiger partial charge in [-0.3, -0.25) is 4.79 Å². The number of tetrazole rings is 1. The van der Waals surface area contributed by atoms with Crippen LogP contribution in [0.1, 0.15) is 25.1 Å². The summed E-state index contributed by atoms with van der Waals surface area (Å²) in [6, 6.07) is 0. The van der Waals surface area contributed by atoms with Gasteiger partial charge in [0.25, 0.3) is 0 Å². The lowest BCUT2D eigenvalue weighted by Crippen LogP contribution is -2.36. The first-order valence-corrected chi connectivity index (χ1v) is 5.57. The molecule has 0 saturated carbocycles. The van der Waals surface area contributed by atoms with Gasteiger partial charge in [-0.1, -0.05) is 6.92 Å². The number of carboxylic acid groups (broad SMARTS) is 1. The largest absolute Gasteiger partial charge is 0.481 e. The Hall–Kier alpha value is -1.88. The Kier molecular flexibility index (Phi) is 4.79. The topological polar surface area (TPSA) is 80.9 Å². The summed E-state index contributed by atoms with van der Waals surface area (Å²) < 4.78 is 75.7. The van der Waals surface area contributed by atoms with Crippen LogP contribution in [-0.4, -0.2) is 43.6 Å². The molecule has 0 radical (unpaired) electrons. The number of aliphatic carboxylic acids is 1. The zero-order valence-corrected chi connectivity index (χ0v) is 10.5. The van der Waals surface area contributed by atoms with Crippen LogP contribution in [0.4, 0.5) is 26.3 Å². The van der Waals surface area contributed by atoms with Gasteiger partial charge in [0, 0.05) is 6.54 Å². The lowest BCUT2D eigenvalue weighted by atomic mass is 10.1. The number of nitrogens with zero attached hydrogens (tertiary/aromatic N) is 4. The highest BCUT2D eigenvalue weighted by molar-refractivity contribution is 5.69. The van der Waals surface area contributed by atoms with E-state index in [1.54, 1.807) is 0 Å². The van der Waals surface area contributed by atoms with E-state index in [1.807, 2.05) is 0 Å². The number of hydrogen-bond acceptors (Lipinski definition) is 4. The molecule has 1 heterocycles. The molecule has 0 aromatic carbocycles. The van der Waals surface area contributed by atoms with E-state index in [-0.39, 0.29) is 6.42 Å². The Morgan fingerprint density at radius 2 is 1.76 bits per heavy atom. The van der Waals surface area contributed by atoms with Gasteiger partial charge in [-0.25, -0.2) is 4.68 Å². The second kappa shape index (κ2) is 5.85. The van der Waals surface area contributed by atoms with Crippen LogP contribution in [0.2, 0.25) is 0 Å². The number of alkyl halides is 6. The summed E-state index contributed by atoms with van der Waals surface area (Å²) >= 11 is 0. The van der Waals surface area contributed by atoms with Crippen molar-refractivity contribution in [1.29, 1.82) is 0 Å². The van der Waals surface area contributed by atoms with Gasteiger partial charge in [0.05, 0.1) is 5.92 Å². The molecule has 1 aromatic heterocycles. The normalized spacial score (nSPS) is 14.5. The fourth-order valence-corrected chi connectivity index (χ4v) is 1.50. The molecule has 0 saturated heterocycles. The molecule has 0 amide bonds. The molecule has 0 fully saturated rings. The SMILES string of the molecule is CC(CCn1nnnc1C(C(F)(F)F)C(F)(F)F)C(=O)O. The predicted molar refractivity (Wildman–Crippen MR) is 54.1 cm³/mol.